The van der Waals surface area contributed by atoms with Crippen molar-refractivity contribution in [1.29, 1.82) is 0 Å². The molecule has 0 amide bonds. The first kappa shape index (κ1) is 21.1. The number of hydrogen-bond donors (Lipinski definition) is 1. The first-order valence-corrected chi connectivity index (χ1v) is 10.9. The van der Waals surface area contributed by atoms with Gasteiger partial charge in [-0.3, -0.25) is 14.8 Å². The number of ether oxygens (including phenoxy) is 1. The van der Waals surface area contributed by atoms with Crippen LogP contribution < -0.4 is 5.32 Å². The summed E-state index contributed by atoms with van der Waals surface area (Å²) in [6, 6.07) is 6.65. The molecule has 1 atom stereocenters. The van der Waals surface area contributed by atoms with Crippen LogP contribution in [-0.2, 0) is 16.6 Å². The normalized spacial score (nSPS) is 19.0. The summed E-state index contributed by atoms with van der Waals surface area (Å²) in [6.07, 6.45) is 5.55. The van der Waals surface area contributed by atoms with Gasteiger partial charge < -0.3 is 10.1 Å². The number of rotatable bonds is 5. The predicted octanol–water partition coefficient (Wildman–Crippen LogP) is 4.77. The summed E-state index contributed by atoms with van der Waals surface area (Å²) < 4.78 is 7.18. The minimum atomic E-state index is -0.609. The fraction of sp³-hybridized carbons (Fsp3) is 0.478. The molecule has 2 aliphatic rings. The Hall–Kier alpha value is -3.16. The predicted molar refractivity (Wildman–Crippen MR) is 117 cm³/mol. The lowest BCUT2D eigenvalue weighted by Gasteiger charge is -2.30. The van der Waals surface area contributed by atoms with Crippen molar-refractivity contribution in [1.82, 2.24) is 9.78 Å². The monoisotopic (exact) mass is 424 g/mol. The van der Waals surface area contributed by atoms with Crippen molar-refractivity contribution in [2.75, 3.05) is 11.9 Å². The number of nitro groups is 1. The molecule has 1 aromatic carbocycles. The fourth-order valence-corrected chi connectivity index (χ4v) is 4.97. The molecule has 1 aliphatic heterocycles. The number of carbonyl (C=O) groups is 1. The number of nitrogens with one attached hydrogen (secondary N) is 1. The molecule has 0 saturated heterocycles. The largest absolute Gasteiger partial charge is 0.463 e. The van der Waals surface area contributed by atoms with Gasteiger partial charge in [-0.2, -0.15) is 5.10 Å². The molecule has 0 spiro atoms. The number of aromatic nitrogens is 2. The third-order valence-electron chi connectivity index (χ3n) is 6.33. The topological polar surface area (TPSA) is 99.3 Å². The molecule has 1 saturated carbocycles. The summed E-state index contributed by atoms with van der Waals surface area (Å²) in [6.45, 7) is 3.80. The Balaban J connectivity index is 1.97. The van der Waals surface area contributed by atoms with Gasteiger partial charge in [-0.05, 0) is 26.7 Å². The Labute approximate surface area is 181 Å². The second-order valence-corrected chi connectivity index (χ2v) is 8.24. The molecule has 1 aliphatic carbocycles. The number of nitro benzene ring substituents is 1. The average molecular weight is 425 g/mol. The summed E-state index contributed by atoms with van der Waals surface area (Å²) in [5.41, 5.74) is 3.32. The first-order chi connectivity index (χ1) is 14.9. The quantitative estimate of drug-likeness (QED) is 0.422. The number of para-hydroxylation sites is 1. The molecule has 31 heavy (non-hydrogen) atoms. The number of nitrogens with zero attached hydrogens (tertiary/aromatic N) is 3. The zero-order chi connectivity index (χ0) is 22.1. The molecular formula is C23H28N4O4. The smallest absolute Gasteiger partial charge is 0.336 e. The number of carbonyl (C=O) groups excluding carboxylic acids is 1. The second-order valence-electron chi connectivity index (χ2n) is 8.24. The standard InChI is InChI=1S/C23H28N4O4/c1-4-31-23(28)18-14(2)24-22-20(19(18)16-12-8-9-13-17(16)27(29)30)21(25-26(22)3)15-10-6-5-7-11-15/h8-9,12-13,15,19,24H,4-7,10-11H2,1-3H3. The molecule has 4 rings (SSSR count). The van der Waals surface area contributed by atoms with Gasteiger partial charge in [0.2, 0.25) is 0 Å². The fourth-order valence-electron chi connectivity index (χ4n) is 4.97. The lowest BCUT2D eigenvalue weighted by atomic mass is 9.76. The molecular weight excluding hydrogens is 396 g/mol. The van der Waals surface area contributed by atoms with E-state index in [2.05, 4.69) is 5.32 Å². The molecule has 8 heteroatoms. The van der Waals surface area contributed by atoms with Gasteiger partial charge in [0.05, 0.1) is 28.7 Å². The molecule has 2 heterocycles. The van der Waals surface area contributed by atoms with Crippen molar-refractivity contribution < 1.29 is 14.5 Å². The molecule has 164 valence electrons. The summed E-state index contributed by atoms with van der Waals surface area (Å²) in [5.74, 6) is -0.00540. The van der Waals surface area contributed by atoms with Crippen LogP contribution in [0.15, 0.2) is 35.5 Å². The molecule has 1 fully saturated rings. The van der Waals surface area contributed by atoms with Gasteiger partial charge in [0.15, 0.2) is 0 Å². The van der Waals surface area contributed by atoms with Crippen molar-refractivity contribution in [2.45, 2.75) is 57.8 Å². The van der Waals surface area contributed by atoms with Crippen molar-refractivity contribution in [2.24, 2.45) is 7.05 Å². The van der Waals surface area contributed by atoms with Crippen LogP contribution in [0.1, 0.15) is 74.6 Å². The van der Waals surface area contributed by atoms with Gasteiger partial charge in [-0.1, -0.05) is 37.5 Å². The number of anilines is 1. The highest BCUT2D eigenvalue weighted by Crippen LogP contribution is 2.49. The maximum atomic E-state index is 13.1. The van der Waals surface area contributed by atoms with Crippen molar-refractivity contribution in [3.05, 3.63) is 62.5 Å². The van der Waals surface area contributed by atoms with Crippen LogP contribution in [-0.4, -0.2) is 27.3 Å². The molecule has 0 radical (unpaired) electrons. The highest BCUT2D eigenvalue weighted by Gasteiger charge is 2.41. The van der Waals surface area contributed by atoms with Gasteiger partial charge >= 0.3 is 5.97 Å². The van der Waals surface area contributed by atoms with E-state index in [1.807, 2.05) is 14.0 Å². The Kier molecular flexibility index (Phi) is 5.80. The third kappa shape index (κ3) is 3.71. The van der Waals surface area contributed by atoms with Gasteiger partial charge in [0.1, 0.15) is 5.82 Å². The zero-order valence-corrected chi connectivity index (χ0v) is 18.2. The number of fused-ring (bicyclic) bond motifs is 1. The highest BCUT2D eigenvalue weighted by atomic mass is 16.6. The van der Waals surface area contributed by atoms with Crippen molar-refractivity contribution in [3.63, 3.8) is 0 Å². The molecule has 1 unspecified atom stereocenters. The lowest BCUT2D eigenvalue weighted by Crippen LogP contribution is -2.26. The Morgan fingerprint density at radius 1 is 1.29 bits per heavy atom. The SMILES string of the molecule is CCOC(=O)C1=C(C)Nc2c(c(C3CCCCC3)nn2C)C1c1ccccc1[N+](=O)[O-]. The Morgan fingerprint density at radius 3 is 2.68 bits per heavy atom. The van der Waals surface area contributed by atoms with Crippen LogP contribution in [0, 0.1) is 10.1 Å². The van der Waals surface area contributed by atoms with Gasteiger partial charge in [-0.25, -0.2) is 4.79 Å². The van der Waals surface area contributed by atoms with Crippen molar-refractivity contribution >= 4 is 17.5 Å². The minimum Gasteiger partial charge on any atom is -0.463 e. The van der Waals surface area contributed by atoms with E-state index in [4.69, 9.17) is 9.84 Å². The maximum absolute atomic E-state index is 13.1. The average Bonchev–Trinajstić information content (AvgIpc) is 3.09. The van der Waals surface area contributed by atoms with E-state index < -0.39 is 11.9 Å². The van der Waals surface area contributed by atoms with Crippen LogP contribution in [0.25, 0.3) is 0 Å². The van der Waals surface area contributed by atoms with Crippen molar-refractivity contribution in [3.8, 4) is 0 Å². The van der Waals surface area contributed by atoms with Gasteiger partial charge in [0, 0.05) is 35.9 Å². The lowest BCUT2D eigenvalue weighted by molar-refractivity contribution is -0.385. The van der Waals surface area contributed by atoms with Crippen LogP contribution in [0.2, 0.25) is 0 Å². The summed E-state index contributed by atoms with van der Waals surface area (Å²) in [7, 11) is 1.87. The van der Waals surface area contributed by atoms with E-state index in [-0.39, 0.29) is 23.1 Å². The Bertz CT molecular complexity index is 1050. The molecule has 1 N–H and O–H groups in total. The Morgan fingerprint density at radius 2 is 2.00 bits per heavy atom. The summed E-state index contributed by atoms with van der Waals surface area (Å²) in [5, 5.41) is 20.1. The van der Waals surface area contributed by atoms with Gasteiger partial charge in [0.25, 0.3) is 5.69 Å². The van der Waals surface area contributed by atoms with Crippen LogP contribution in [0.5, 0.6) is 0 Å². The van der Waals surface area contributed by atoms with Crippen LogP contribution in [0.4, 0.5) is 11.5 Å². The zero-order valence-electron chi connectivity index (χ0n) is 18.2. The van der Waals surface area contributed by atoms with E-state index in [1.165, 1.54) is 12.5 Å². The van der Waals surface area contributed by atoms with Crippen LogP contribution >= 0.6 is 0 Å². The minimum absolute atomic E-state index is 0.00612. The summed E-state index contributed by atoms with van der Waals surface area (Å²) in [4.78, 5) is 24.6. The van der Waals surface area contributed by atoms with Crippen LogP contribution in [0.3, 0.4) is 0 Å². The molecule has 2 aromatic rings. The number of aryl methyl sites for hydroxylation is 1. The van der Waals surface area contributed by atoms with E-state index in [1.54, 1.807) is 29.8 Å². The van der Waals surface area contributed by atoms with E-state index in [0.29, 0.717) is 16.8 Å². The first-order valence-electron chi connectivity index (χ1n) is 10.9. The molecule has 8 nitrogen and oxygen atoms in total. The third-order valence-corrected chi connectivity index (χ3v) is 6.33. The molecule has 1 aromatic heterocycles. The molecule has 0 bridgehead atoms. The summed E-state index contributed by atoms with van der Waals surface area (Å²) >= 11 is 0. The number of hydrogen-bond acceptors (Lipinski definition) is 6. The second kappa shape index (κ2) is 8.53. The van der Waals surface area contributed by atoms with E-state index in [9.17, 15) is 14.9 Å². The number of benzene rings is 1. The highest BCUT2D eigenvalue weighted by molar-refractivity contribution is 5.95. The number of esters is 1. The van der Waals surface area contributed by atoms with E-state index in [0.717, 1.165) is 42.8 Å². The van der Waals surface area contributed by atoms with E-state index >= 15 is 0 Å². The number of allylic oxidation sites excluding steroid dienone is 1. The maximum Gasteiger partial charge on any atom is 0.336 e. The van der Waals surface area contributed by atoms with Gasteiger partial charge in [-0.15, -0.1) is 0 Å².